The molecule has 21 heavy (non-hydrogen) atoms. The van der Waals surface area contributed by atoms with Gasteiger partial charge < -0.3 is 10.0 Å². The summed E-state index contributed by atoms with van der Waals surface area (Å²) in [7, 11) is 4.26. The van der Waals surface area contributed by atoms with Crippen LogP contribution >= 0.6 is 0 Å². The van der Waals surface area contributed by atoms with Crippen LogP contribution in [0.3, 0.4) is 0 Å². The molecule has 1 N–H and O–H groups in total. The highest BCUT2D eigenvalue weighted by Crippen LogP contribution is 2.45. The molecule has 116 valence electrons. The molecular weight excluding hydrogens is 260 g/mol. The first-order chi connectivity index (χ1) is 10.0. The molecule has 3 rings (SSSR count). The van der Waals surface area contributed by atoms with E-state index in [1.807, 2.05) is 12.3 Å². The molecule has 0 radical (unpaired) electrons. The summed E-state index contributed by atoms with van der Waals surface area (Å²) in [4.78, 5) is 6.87. The van der Waals surface area contributed by atoms with E-state index < -0.39 is 0 Å². The van der Waals surface area contributed by atoms with Crippen LogP contribution in [0.2, 0.25) is 0 Å². The number of hydrogen-bond donors (Lipinski definition) is 1. The number of hydrogen-bond acceptors (Lipinski definition) is 3. The number of fused-ring (bicyclic) bond motifs is 1. The van der Waals surface area contributed by atoms with Gasteiger partial charge in [0.25, 0.3) is 0 Å². The maximum absolute atomic E-state index is 11.2. The predicted octanol–water partition coefficient (Wildman–Crippen LogP) is 2.98. The number of aliphatic hydroxyl groups is 1. The van der Waals surface area contributed by atoms with E-state index in [-0.39, 0.29) is 17.6 Å². The van der Waals surface area contributed by atoms with Crippen LogP contribution in [-0.4, -0.2) is 40.7 Å². The van der Waals surface area contributed by atoms with E-state index in [9.17, 15) is 5.11 Å². The Balaban J connectivity index is 1.88. The van der Waals surface area contributed by atoms with Crippen LogP contribution < -0.4 is 0 Å². The molecule has 1 heterocycles. The standard InChI is InChI=1S/C18H28N2O/c1-13-8-10-18(11-9-13,20(2)3)17(21)15-7-6-14-5-4-12-19-16(14)15/h4-5,12-13,15,17,21H,6-11H2,1-3H3. The average Bonchev–Trinajstić information content (AvgIpc) is 2.91. The number of pyridine rings is 1. The van der Waals surface area contributed by atoms with Crippen molar-refractivity contribution in [3.8, 4) is 0 Å². The fourth-order valence-corrected chi connectivity index (χ4v) is 4.40. The highest BCUT2D eigenvalue weighted by molar-refractivity contribution is 5.30. The van der Waals surface area contributed by atoms with E-state index in [1.165, 1.54) is 18.4 Å². The smallest absolute Gasteiger partial charge is 0.0807 e. The molecule has 3 heteroatoms. The third kappa shape index (κ3) is 2.51. The van der Waals surface area contributed by atoms with E-state index >= 15 is 0 Å². The van der Waals surface area contributed by atoms with Crippen LogP contribution in [0, 0.1) is 5.92 Å². The lowest BCUT2D eigenvalue weighted by molar-refractivity contribution is -0.0524. The highest BCUT2D eigenvalue weighted by Gasteiger charge is 2.47. The van der Waals surface area contributed by atoms with E-state index in [1.54, 1.807) is 0 Å². The molecular formula is C18H28N2O. The molecule has 0 amide bonds. The molecule has 0 spiro atoms. The van der Waals surface area contributed by atoms with E-state index in [2.05, 4.69) is 37.0 Å². The summed E-state index contributed by atoms with van der Waals surface area (Å²) < 4.78 is 0. The Morgan fingerprint density at radius 3 is 2.67 bits per heavy atom. The molecule has 0 saturated heterocycles. The van der Waals surface area contributed by atoms with Crippen molar-refractivity contribution >= 4 is 0 Å². The molecule has 1 saturated carbocycles. The Labute approximate surface area is 128 Å². The molecule has 2 unspecified atom stereocenters. The van der Waals surface area contributed by atoms with Crippen molar-refractivity contribution in [3.63, 3.8) is 0 Å². The van der Waals surface area contributed by atoms with Crippen molar-refractivity contribution in [2.45, 2.75) is 63.0 Å². The Morgan fingerprint density at radius 1 is 1.29 bits per heavy atom. The molecule has 0 aliphatic heterocycles. The number of aliphatic hydroxyl groups excluding tert-OH is 1. The highest BCUT2D eigenvalue weighted by atomic mass is 16.3. The second-order valence-electron chi connectivity index (χ2n) is 7.32. The summed E-state index contributed by atoms with van der Waals surface area (Å²) in [5.41, 5.74) is 2.40. The molecule has 2 atom stereocenters. The summed E-state index contributed by atoms with van der Waals surface area (Å²) in [6.45, 7) is 2.33. The molecule has 2 aliphatic carbocycles. The Morgan fingerprint density at radius 2 is 2.00 bits per heavy atom. The molecule has 2 aliphatic rings. The van der Waals surface area contributed by atoms with Crippen LogP contribution in [0.1, 0.15) is 56.2 Å². The van der Waals surface area contributed by atoms with Gasteiger partial charge in [-0.1, -0.05) is 13.0 Å². The fraction of sp³-hybridized carbons (Fsp3) is 0.722. The van der Waals surface area contributed by atoms with E-state index in [0.717, 1.165) is 37.3 Å². The largest absolute Gasteiger partial charge is 0.390 e. The van der Waals surface area contributed by atoms with Gasteiger partial charge in [-0.3, -0.25) is 4.98 Å². The van der Waals surface area contributed by atoms with Gasteiger partial charge in [0.1, 0.15) is 0 Å². The van der Waals surface area contributed by atoms with Gasteiger partial charge in [0.15, 0.2) is 0 Å². The van der Waals surface area contributed by atoms with Crippen molar-refractivity contribution in [2.75, 3.05) is 14.1 Å². The predicted molar refractivity (Wildman–Crippen MR) is 85.4 cm³/mol. The quantitative estimate of drug-likeness (QED) is 0.929. The third-order valence-corrected chi connectivity index (χ3v) is 5.96. The van der Waals surface area contributed by atoms with E-state index in [4.69, 9.17) is 0 Å². The van der Waals surface area contributed by atoms with Gasteiger partial charge >= 0.3 is 0 Å². The van der Waals surface area contributed by atoms with Crippen molar-refractivity contribution in [2.24, 2.45) is 5.92 Å². The average molecular weight is 288 g/mol. The number of nitrogens with zero attached hydrogens (tertiary/aromatic N) is 2. The summed E-state index contributed by atoms with van der Waals surface area (Å²) in [5.74, 6) is 0.997. The molecule has 0 bridgehead atoms. The lowest BCUT2D eigenvalue weighted by Gasteiger charge is -2.49. The zero-order valence-corrected chi connectivity index (χ0v) is 13.5. The second kappa shape index (κ2) is 5.69. The summed E-state index contributed by atoms with van der Waals surface area (Å²) in [6.07, 6.45) is 8.30. The number of likely N-dealkylation sites (N-methyl/N-ethyl adjacent to an activating group) is 1. The zero-order valence-electron chi connectivity index (χ0n) is 13.5. The Bertz CT molecular complexity index is 492. The van der Waals surface area contributed by atoms with Gasteiger partial charge in [-0.2, -0.15) is 0 Å². The minimum absolute atomic E-state index is 0.0731. The summed E-state index contributed by atoms with van der Waals surface area (Å²) in [5, 5.41) is 11.2. The summed E-state index contributed by atoms with van der Waals surface area (Å²) >= 11 is 0. The third-order valence-electron chi connectivity index (χ3n) is 5.96. The van der Waals surface area contributed by atoms with Crippen LogP contribution in [0.25, 0.3) is 0 Å². The molecule has 3 nitrogen and oxygen atoms in total. The van der Waals surface area contributed by atoms with Crippen molar-refractivity contribution < 1.29 is 5.11 Å². The van der Waals surface area contributed by atoms with Gasteiger partial charge in [0.05, 0.1) is 6.10 Å². The summed E-state index contributed by atoms with van der Waals surface area (Å²) in [6, 6.07) is 4.18. The molecule has 1 fully saturated rings. The first-order valence-corrected chi connectivity index (χ1v) is 8.34. The number of aromatic nitrogens is 1. The van der Waals surface area contributed by atoms with Crippen LogP contribution in [0.15, 0.2) is 18.3 Å². The lowest BCUT2D eigenvalue weighted by Crippen LogP contribution is -2.57. The molecule has 0 aromatic carbocycles. The Hall–Kier alpha value is -0.930. The van der Waals surface area contributed by atoms with E-state index in [0.29, 0.717) is 0 Å². The van der Waals surface area contributed by atoms with Gasteiger partial charge in [-0.15, -0.1) is 0 Å². The van der Waals surface area contributed by atoms with Gasteiger partial charge in [0, 0.05) is 23.3 Å². The Kier molecular flexibility index (Phi) is 4.06. The van der Waals surface area contributed by atoms with Gasteiger partial charge in [-0.05, 0) is 70.2 Å². The second-order valence-corrected chi connectivity index (χ2v) is 7.32. The fourth-order valence-electron chi connectivity index (χ4n) is 4.40. The molecule has 1 aromatic heterocycles. The maximum Gasteiger partial charge on any atom is 0.0807 e. The van der Waals surface area contributed by atoms with Crippen LogP contribution in [0.4, 0.5) is 0 Å². The SMILES string of the molecule is CC1CCC(C(O)C2CCc3cccnc32)(N(C)C)CC1. The number of aryl methyl sites for hydroxylation is 1. The van der Waals surface area contributed by atoms with Crippen LogP contribution in [0.5, 0.6) is 0 Å². The van der Waals surface area contributed by atoms with Crippen molar-refractivity contribution in [1.29, 1.82) is 0 Å². The number of rotatable bonds is 3. The van der Waals surface area contributed by atoms with Gasteiger partial charge in [0.2, 0.25) is 0 Å². The lowest BCUT2D eigenvalue weighted by atomic mass is 9.69. The minimum Gasteiger partial charge on any atom is -0.390 e. The zero-order chi connectivity index (χ0) is 15.0. The van der Waals surface area contributed by atoms with Crippen LogP contribution in [-0.2, 0) is 6.42 Å². The maximum atomic E-state index is 11.2. The molecule has 1 aromatic rings. The van der Waals surface area contributed by atoms with Gasteiger partial charge in [-0.25, -0.2) is 0 Å². The normalized spacial score (nSPS) is 34.0. The van der Waals surface area contributed by atoms with Crippen molar-refractivity contribution in [3.05, 3.63) is 29.6 Å². The first kappa shape index (κ1) is 15.0. The van der Waals surface area contributed by atoms with Crippen molar-refractivity contribution in [1.82, 2.24) is 9.88 Å². The topological polar surface area (TPSA) is 36.4 Å². The minimum atomic E-state index is -0.309. The first-order valence-electron chi connectivity index (χ1n) is 8.34. The monoisotopic (exact) mass is 288 g/mol.